The number of hydrogen-bond donors (Lipinski definition) is 11. The molecule has 0 unspecified atom stereocenters. The Balaban J connectivity index is 1.25. The number of nitrogens with two attached hydrogens (primary N) is 1. The lowest BCUT2D eigenvalue weighted by molar-refractivity contribution is -0.384. The van der Waals surface area contributed by atoms with Crippen LogP contribution in [0.2, 0.25) is 0 Å². The fraction of sp³-hybridized carbons (Fsp3) is 0.0227. The summed E-state index contributed by atoms with van der Waals surface area (Å²) in [5.41, 5.74) is -2.56. The second-order valence-electron chi connectivity index (χ2n) is 17.5. The van der Waals surface area contributed by atoms with Crippen LogP contribution < -0.4 is 10.5 Å². The van der Waals surface area contributed by atoms with Crippen LogP contribution in [0.15, 0.2) is 172 Å². The molecule has 89 heavy (non-hydrogen) atoms. The Bertz CT molecular complexity index is 5460. The fourth-order valence-corrected chi connectivity index (χ4v) is 12.6. The molecule has 0 heterocycles. The van der Waals surface area contributed by atoms with E-state index in [1.807, 2.05) is 0 Å². The van der Waals surface area contributed by atoms with Crippen LogP contribution in [0.25, 0.3) is 32.3 Å². The molecule has 12 N–H and O–H groups in total. The molecule has 0 spiro atoms. The summed E-state index contributed by atoms with van der Waals surface area (Å²) < 4.78 is 250. The summed E-state index contributed by atoms with van der Waals surface area (Å²) in [6.45, 7) is -1.12. The summed E-state index contributed by atoms with van der Waals surface area (Å²) in [5, 5.41) is 69.2. The Morgan fingerprint density at radius 3 is 1.49 bits per heavy atom. The molecule has 8 aromatic rings. The van der Waals surface area contributed by atoms with Crippen molar-refractivity contribution >= 4 is 166 Å². The number of phenols is 2. The number of nitro benzene ring substituents is 1. The maximum absolute atomic E-state index is 13.2. The second kappa shape index (κ2) is 23.2. The van der Waals surface area contributed by atoms with Crippen LogP contribution in [0.5, 0.6) is 17.2 Å². The zero-order valence-corrected chi connectivity index (χ0v) is 48.4. The SMILES string of the molecule is Nc1c(N=Nc2ccc3c(O)c(N=Nc4ccc(N=Nc5ccc(S(=O)(=O)O)c6ccc(S(=O)(=O)O)cc56)cc4OCC(=O)O)c(S(=O)(=O)O)cc3c2S(=O)(=O)O)cc(S(=O)(=O)O)c2cc(S(=O)(=O)O)c(N=Nc3ccc(S(=O)(=O)O)cc3[N+](=O)[O-])c(O)c12. The molecular formula is C44H30N10O28S7. The molecule has 0 saturated carbocycles. The van der Waals surface area contributed by atoms with Crippen LogP contribution in [-0.2, 0) is 75.6 Å². The summed E-state index contributed by atoms with van der Waals surface area (Å²) in [6, 6.07) is 11.1. The fourth-order valence-electron chi connectivity index (χ4n) is 8.10. The number of rotatable bonds is 19. The minimum absolute atomic E-state index is 0.244. The summed E-state index contributed by atoms with van der Waals surface area (Å²) in [6.07, 6.45) is 0. The first-order valence-corrected chi connectivity index (χ1v) is 32.8. The molecule has 0 saturated heterocycles. The van der Waals surface area contributed by atoms with E-state index in [0.717, 1.165) is 54.6 Å². The molecule has 8 rings (SSSR count). The van der Waals surface area contributed by atoms with Gasteiger partial charge in [0.1, 0.15) is 63.6 Å². The Hall–Kier alpha value is -9.62. The number of nitro groups is 1. The number of aromatic hydroxyl groups is 2. The number of fused-ring (bicyclic) bond motifs is 3. The van der Waals surface area contributed by atoms with Crippen molar-refractivity contribution < 1.29 is 121 Å². The number of azo groups is 4. The highest BCUT2D eigenvalue weighted by atomic mass is 32.2. The topological polar surface area (TPSA) is 636 Å². The number of carbonyl (C=O) groups is 1. The molecule has 0 amide bonds. The summed E-state index contributed by atoms with van der Waals surface area (Å²) in [4.78, 5) is 13.8. The van der Waals surface area contributed by atoms with E-state index in [9.17, 15) is 121 Å². The highest BCUT2D eigenvalue weighted by molar-refractivity contribution is 7.87. The van der Waals surface area contributed by atoms with Gasteiger partial charge in [0, 0.05) is 39.1 Å². The number of anilines is 1. The number of nitrogen functional groups attached to an aromatic ring is 1. The maximum atomic E-state index is 13.2. The Kier molecular flexibility index (Phi) is 17.0. The van der Waals surface area contributed by atoms with Gasteiger partial charge in [0.25, 0.3) is 76.5 Å². The van der Waals surface area contributed by atoms with E-state index >= 15 is 0 Å². The van der Waals surface area contributed by atoms with E-state index in [1.54, 1.807) is 0 Å². The molecule has 0 aliphatic rings. The summed E-state index contributed by atoms with van der Waals surface area (Å²) in [5.74, 6) is -5.05. The van der Waals surface area contributed by atoms with E-state index in [2.05, 4.69) is 40.9 Å². The van der Waals surface area contributed by atoms with Gasteiger partial charge < -0.3 is 25.8 Å². The number of benzene rings is 8. The first-order chi connectivity index (χ1) is 41.0. The van der Waals surface area contributed by atoms with Crippen LogP contribution in [-0.4, -0.2) is 124 Å². The van der Waals surface area contributed by atoms with Gasteiger partial charge in [-0.15, -0.1) is 35.8 Å². The highest BCUT2D eigenvalue weighted by Crippen LogP contribution is 2.50. The van der Waals surface area contributed by atoms with Gasteiger partial charge in [0.15, 0.2) is 23.8 Å². The third kappa shape index (κ3) is 13.7. The van der Waals surface area contributed by atoms with Crippen molar-refractivity contribution in [3.8, 4) is 17.2 Å². The standard InChI is InChI=1S/C44H30N10O28S7/c45-39-30(16-34(86(70,71)72)25-15-36(88(76,77)78)41(43(58)38(25)39)53-48-27-7-3-20(84(64,65)66)13-31(27)54(59)60)51-50-29-8-5-22-24(44(29)89(79,80)81)14-35(87(73,74)75)40(42(22)57)52-49-28-6-1-18(11-32(28)82-17-37(55)56)46-47-26-9-10-33(85(67,68)69)21-4-2-19(12-23(21)26)83(61,62)63/h1-16,57-58H,17,45H2,(H,55,56)(H,61,62,63)(H,64,65,66)(H,67,68,69)(H,70,71,72)(H,73,74,75)(H,76,77,78)(H,79,80,81). The quantitative estimate of drug-likeness (QED) is 0.0120. The van der Waals surface area contributed by atoms with Gasteiger partial charge in [-0.25, -0.2) is 4.79 Å². The van der Waals surface area contributed by atoms with E-state index in [-0.39, 0.29) is 28.2 Å². The predicted octanol–water partition coefficient (Wildman–Crippen LogP) is 7.90. The number of hydrogen-bond acceptors (Lipinski definition) is 29. The lowest BCUT2D eigenvalue weighted by atomic mass is 10.0. The van der Waals surface area contributed by atoms with Crippen LogP contribution in [0.1, 0.15) is 0 Å². The van der Waals surface area contributed by atoms with Crippen molar-refractivity contribution in [3.63, 3.8) is 0 Å². The van der Waals surface area contributed by atoms with Crippen molar-refractivity contribution in [2.24, 2.45) is 40.9 Å². The first-order valence-electron chi connectivity index (χ1n) is 22.7. The van der Waals surface area contributed by atoms with Gasteiger partial charge in [0.2, 0.25) is 0 Å². The van der Waals surface area contributed by atoms with Crippen LogP contribution in [0.4, 0.5) is 56.9 Å². The number of aliphatic carboxylic acids is 1. The van der Waals surface area contributed by atoms with E-state index in [0.29, 0.717) is 36.4 Å². The highest BCUT2D eigenvalue weighted by Gasteiger charge is 2.32. The largest absolute Gasteiger partial charge is 0.505 e. The summed E-state index contributed by atoms with van der Waals surface area (Å²) >= 11 is 0. The monoisotopic (exact) mass is 1370 g/mol. The Morgan fingerprint density at radius 2 is 0.933 bits per heavy atom. The van der Waals surface area contributed by atoms with Crippen LogP contribution in [0, 0.1) is 10.1 Å². The molecule has 0 fully saturated rings. The third-order valence-corrected chi connectivity index (χ3v) is 18.0. The van der Waals surface area contributed by atoms with Crippen molar-refractivity contribution in [2.45, 2.75) is 34.3 Å². The molecule has 8 aromatic carbocycles. The number of nitrogens with zero attached hydrogens (tertiary/aromatic N) is 9. The molecule has 0 aliphatic carbocycles. The van der Waals surface area contributed by atoms with Crippen molar-refractivity contribution in [3.05, 3.63) is 107 Å². The zero-order valence-electron chi connectivity index (χ0n) is 42.7. The van der Waals surface area contributed by atoms with E-state index in [4.69, 9.17) is 10.5 Å². The molecule has 0 aromatic heterocycles. The van der Waals surface area contributed by atoms with Gasteiger partial charge >= 0.3 is 5.97 Å². The second-order valence-corrected chi connectivity index (χ2v) is 27.3. The molecule has 0 bridgehead atoms. The molecule has 0 radical (unpaired) electrons. The van der Waals surface area contributed by atoms with Gasteiger partial charge in [-0.2, -0.15) is 64.0 Å². The molecule has 38 nitrogen and oxygen atoms in total. The van der Waals surface area contributed by atoms with Crippen molar-refractivity contribution in [2.75, 3.05) is 12.3 Å². The van der Waals surface area contributed by atoms with E-state index in [1.165, 1.54) is 0 Å². The molecule has 466 valence electrons. The van der Waals surface area contributed by atoms with Crippen molar-refractivity contribution in [1.82, 2.24) is 0 Å². The zero-order chi connectivity index (χ0) is 66.1. The van der Waals surface area contributed by atoms with Crippen LogP contribution >= 0.6 is 0 Å². The smallest absolute Gasteiger partial charge is 0.341 e. The predicted molar refractivity (Wildman–Crippen MR) is 298 cm³/mol. The van der Waals surface area contributed by atoms with Gasteiger partial charge in [-0.1, -0.05) is 6.07 Å². The lowest BCUT2D eigenvalue weighted by Gasteiger charge is -2.15. The Labute approximate surface area is 495 Å². The number of ether oxygens (including phenoxy) is 1. The van der Waals surface area contributed by atoms with Crippen molar-refractivity contribution in [1.29, 1.82) is 0 Å². The van der Waals surface area contributed by atoms with Gasteiger partial charge in [-0.3, -0.25) is 42.0 Å². The van der Waals surface area contributed by atoms with Crippen LogP contribution in [0.3, 0.4) is 0 Å². The molecular weight excluding hydrogens is 1340 g/mol. The normalized spacial score (nSPS) is 13.2. The average Bonchev–Trinajstić information content (AvgIpc) is 3.16. The first kappa shape index (κ1) is 65.4. The van der Waals surface area contributed by atoms with E-state index < -0.39 is 207 Å². The molecule has 45 heteroatoms. The molecule has 0 aliphatic heterocycles. The number of carboxylic acid groups (broad SMARTS) is 1. The lowest BCUT2D eigenvalue weighted by Crippen LogP contribution is -2.09. The number of phenolic OH excluding ortho intramolecular Hbond substituents is 2. The summed E-state index contributed by atoms with van der Waals surface area (Å²) in [7, 11) is -37.7. The average molecular weight is 1370 g/mol. The minimum atomic E-state index is -5.78. The van der Waals surface area contributed by atoms with Gasteiger partial charge in [-0.05, 0) is 78.9 Å². The molecule has 0 atom stereocenters. The minimum Gasteiger partial charge on any atom is -0.505 e. The maximum Gasteiger partial charge on any atom is 0.341 e. The third-order valence-electron chi connectivity index (χ3n) is 11.9. The Morgan fingerprint density at radius 1 is 0.449 bits per heavy atom. The van der Waals surface area contributed by atoms with Gasteiger partial charge in [0.05, 0.1) is 32.3 Å². The number of carboxylic acids is 1.